The van der Waals surface area contributed by atoms with Crippen molar-refractivity contribution in [2.24, 2.45) is 5.41 Å². The monoisotopic (exact) mass is 172 g/mol. The van der Waals surface area contributed by atoms with E-state index in [0.717, 1.165) is 0 Å². The van der Waals surface area contributed by atoms with Crippen molar-refractivity contribution in [1.82, 2.24) is 0 Å². The van der Waals surface area contributed by atoms with Gasteiger partial charge in [0.1, 0.15) is 5.78 Å². The number of ketones is 1. The minimum absolute atomic E-state index is 0.0545. The lowest BCUT2D eigenvalue weighted by molar-refractivity contribution is -0.151. The summed E-state index contributed by atoms with van der Waals surface area (Å²) in [5.41, 5.74) is -0.828. The number of hydrogen-bond donors (Lipinski definition) is 1. The largest absolute Gasteiger partial charge is 0.481 e. The van der Waals surface area contributed by atoms with E-state index in [1.807, 2.05) is 0 Å². The van der Waals surface area contributed by atoms with Crippen LogP contribution in [0.1, 0.15) is 40.0 Å². The van der Waals surface area contributed by atoms with Gasteiger partial charge < -0.3 is 5.11 Å². The van der Waals surface area contributed by atoms with Crippen LogP contribution in [0, 0.1) is 5.41 Å². The van der Waals surface area contributed by atoms with Crippen molar-refractivity contribution in [2.45, 2.75) is 40.0 Å². The zero-order chi connectivity index (χ0) is 9.78. The molecule has 0 aromatic carbocycles. The first-order valence-corrected chi connectivity index (χ1v) is 4.21. The Kier molecular flexibility index (Phi) is 3.93. The van der Waals surface area contributed by atoms with Gasteiger partial charge in [0.2, 0.25) is 0 Å². The highest BCUT2D eigenvalue weighted by Gasteiger charge is 2.35. The van der Waals surface area contributed by atoms with E-state index < -0.39 is 11.4 Å². The predicted octanol–water partition coefficient (Wildman–Crippen LogP) is 1.86. The van der Waals surface area contributed by atoms with Crippen LogP contribution in [0.5, 0.6) is 0 Å². The van der Waals surface area contributed by atoms with Crippen molar-refractivity contribution in [2.75, 3.05) is 0 Å². The number of carboxylic acids is 1. The Balaban J connectivity index is 4.58. The van der Waals surface area contributed by atoms with Gasteiger partial charge in [-0.2, -0.15) is 0 Å². The van der Waals surface area contributed by atoms with E-state index in [0.29, 0.717) is 12.8 Å². The second kappa shape index (κ2) is 4.24. The van der Waals surface area contributed by atoms with Gasteiger partial charge in [-0.1, -0.05) is 13.8 Å². The number of carbonyl (C=O) groups is 2. The molecule has 0 spiro atoms. The van der Waals surface area contributed by atoms with Crippen molar-refractivity contribution in [3.8, 4) is 0 Å². The Morgan fingerprint density at radius 2 is 1.67 bits per heavy atom. The maximum atomic E-state index is 10.9. The first kappa shape index (κ1) is 11.1. The number of rotatable bonds is 5. The van der Waals surface area contributed by atoms with Gasteiger partial charge in [-0.3, -0.25) is 9.59 Å². The molecule has 0 aromatic heterocycles. The first-order chi connectivity index (χ1) is 5.48. The molecule has 0 radical (unpaired) electrons. The Morgan fingerprint density at radius 1 is 1.25 bits per heavy atom. The molecule has 70 valence electrons. The van der Waals surface area contributed by atoms with E-state index in [1.54, 1.807) is 13.8 Å². The molecule has 0 aliphatic rings. The number of aliphatic carboxylic acids is 1. The van der Waals surface area contributed by atoms with Gasteiger partial charge in [-0.05, 0) is 19.8 Å². The molecule has 0 aliphatic heterocycles. The fourth-order valence-electron chi connectivity index (χ4n) is 1.35. The summed E-state index contributed by atoms with van der Waals surface area (Å²) in [6.45, 7) is 5.05. The highest BCUT2D eigenvalue weighted by atomic mass is 16.4. The van der Waals surface area contributed by atoms with Gasteiger partial charge in [0.25, 0.3) is 0 Å². The van der Waals surface area contributed by atoms with Gasteiger partial charge in [0.05, 0.1) is 5.41 Å². The summed E-state index contributed by atoms with van der Waals surface area (Å²) >= 11 is 0. The van der Waals surface area contributed by atoms with Crippen LogP contribution in [0.25, 0.3) is 0 Å². The quantitative estimate of drug-likeness (QED) is 0.688. The van der Waals surface area contributed by atoms with Gasteiger partial charge in [0, 0.05) is 6.42 Å². The minimum atomic E-state index is -0.859. The highest BCUT2D eigenvalue weighted by Crippen LogP contribution is 2.30. The lowest BCUT2D eigenvalue weighted by Gasteiger charge is -2.24. The van der Waals surface area contributed by atoms with E-state index >= 15 is 0 Å². The van der Waals surface area contributed by atoms with Crippen LogP contribution in [-0.4, -0.2) is 16.9 Å². The smallest absolute Gasteiger partial charge is 0.310 e. The summed E-state index contributed by atoms with van der Waals surface area (Å²) in [6, 6.07) is 0. The molecule has 0 bridgehead atoms. The zero-order valence-corrected chi connectivity index (χ0v) is 7.89. The second-order valence-corrected chi connectivity index (χ2v) is 3.17. The molecule has 0 fully saturated rings. The number of Topliss-reactive ketones (excluding diaryl/α,β-unsaturated/α-hetero) is 1. The lowest BCUT2D eigenvalue weighted by atomic mass is 9.78. The molecular weight excluding hydrogens is 156 g/mol. The van der Waals surface area contributed by atoms with E-state index in [4.69, 9.17) is 5.11 Å². The van der Waals surface area contributed by atoms with Crippen molar-refractivity contribution < 1.29 is 14.7 Å². The number of hydrogen-bond acceptors (Lipinski definition) is 2. The molecule has 0 heterocycles. The fraction of sp³-hybridized carbons (Fsp3) is 0.778. The number of carbonyl (C=O) groups excluding carboxylic acids is 1. The normalized spacial score (nSPS) is 11.2. The minimum Gasteiger partial charge on any atom is -0.481 e. The van der Waals surface area contributed by atoms with Crippen LogP contribution >= 0.6 is 0 Å². The first-order valence-electron chi connectivity index (χ1n) is 4.21. The molecule has 0 amide bonds. The van der Waals surface area contributed by atoms with Crippen molar-refractivity contribution in [1.29, 1.82) is 0 Å². The maximum Gasteiger partial charge on any atom is 0.310 e. The van der Waals surface area contributed by atoms with E-state index in [-0.39, 0.29) is 12.2 Å². The Bertz CT molecular complexity index is 180. The molecular formula is C9H16O3. The summed E-state index contributed by atoms with van der Waals surface area (Å²) in [5.74, 6) is -0.913. The fourth-order valence-corrected chi connectivity index (χ4v) is 1.35. The van der Waals surface area contributed by atoms with E-state index in [1.165, 1.54) is 6.92 Å². The molecule has 3 heteroatoms. The molecule has 0 atom stereocenters. The average molecular weight is 172 g/mol. The summed E-state index contributed by atoms with van der Waals surface area (Å²) in [7, 11) is 0. The predicted molar refractivity (Wildman–Crippen MR) is 45.9 cm³/mol. The molecule has 0 aromatic rings. The Labute approximate surface area is 72.8 Å². The molecule has 0 unspecified atom stereocenters. The summed E-state index contributed by atoms with van der Waals surface area (Å²) in [5, 5.41) is 8.92. The van der Waals surface area contributed by atoms with Crippen molar-refractivity contribution in [3.05, 3.63) is 0 Å². The van der Waals surface area contributed by atoms with Crippen LogP contribution in [-0.2, 0) is 9.59 Å². The van der Waals surface area contributed by atoms with E-state index in [9.17, 15) is 9.59 Å². The molecule has 0 saturated carbocycles. The highest BCUT2D eigenvalue weighted by molar-refractivity contribution is 5.84. The van der Waals surface area contributed by atoms with Gasteiger partial charge in [-0.25, -0.2) is 0 Å². The average Bonchev–Trinajstić information content (AvgIpc) is 1.99. The van der Waals surface area contributed by atoms with Gasteiger partial charge in [0.15, 0.2) is 0 Å². The second-order valence-electron chi connectivity index (χ2n) is 3.17. The molecule has 0 saturated heterocycles. The Hall–Kier alpha value is -0.860. The zero-order valence-electron chi connectivity index (χ0n) is 7.89. The lowest BCUT2D eigenvalue weighted by Crippen LogP contribution is -2.31. The van der Waals surface area contributed by atoms with Crippen LogP contribution in [0.15, 0.2) is 0 Å². The molecule has 0 aliphatic carbocycles. The standard InChI is InChI=1S/C9H16O3/c1-4-9(5-2,8(11)12)6-7(3)10/h4-6H2,1-3H3,(H,11,12). The topological polar surface area (TPSA) is 54.4 Å². The molecule has 3 nitrogen and oxygen atoms in total. The van der Waals surface area contributed by atoms with Crippen LogP contribution in [0.4, 0.5) is 0 Å². The van der Waals surface area contributed by atoms with Crippen molar-refractivity contribution in [3.63, 3.8) is 0 Å². The van der Waals surface area contributed by atoms with Crippen LogP contribution in [0.3, 0.4) is 0 Å². The van der Waals surface area contributed by atoms with Gasteiger partial charge >= 0.3 is 5.97 Å². The molecule has 12 heavy (non-hydrogen) atoms. The third-order valence-electron chi connectivity index (χ3n) is 2.39. The summed E-state index contributed by atoms with van der Waals surface area (Å²) < 4.78 is 0. The summed E-state index contributed by atoms with van der Waals surface area (Å²) in [6.07, 6.45) is 1.17. The molecule has 0 rings (SSSR count). The molecule has 1 N–H and O–H groups in total. The van der Waals surface area contributed by atoms with Gasteiger partial charge in [-0.15, -0.1) is 0 Å². The third-order valence-corrected chi connectivity index (χ3v) is 2.39. The SMILES string of the molecule is CCC(CC)(CC(C)=O)C(=O)O. The van der Waals surface area contributed by atoms with Crippen molar-refractivity contribution >= 4 is 11.8 Å². The van der Waals surface area contributed by atoms with Crippen LogP contribution < -0.4 is 0 Å². The van der Waals surface area contributed by atoms with Crippen LogP contribution in [0.2, 0.25) is 0 Å². The maximum absolute atomic E-state index is 10.9. The third kappa shape index (κ3) is 2.32. The number of carboxylic acid groups (broad SMARTS) is 1. The van der Waals surface area contributed by atoms with E-state index in [2.05, 4.69) is 0 Å². The Morgan fingerprint density at radius 3 is 1.75 bits per heavy atom. The summed E-state index contributed by atoms with van der Waals surface area (Å²) in [4.78, 5) is 21.7.